The second-order valence-electron chi connectivity index (χ2n) is 11.0. The summed E-state index contributed by atoms with van der Waals surface area (Å²) >= 11 is 6.41. The highest BCUT2D eigenvalue weighted by Crippen LogP contribution is 2.32. The van der Waals surface area contributed by atoms with Crippen molar-refractivity contribution in [1.29, 1.82) is 0 Å². The van der Waals surface area contributed by atoms with Gasteiger partial charge in [-0.05, 0) is 54.1 Å². The number of alkyl halides is 6. The molecular weight excluding hydrogens is 717 g/mol. The number of aliphatic hydroxyl groups excluding tert-OH is 3. The number of amidine groups is 1. The Labute approximate surface area is 291 Å². The lowest BCUT2D eigenvalue weighted by molar-refractivity contribution is -0.137. The Bertz CT molecular complexity index is 1780. The van der Waals surface area contributed by atoms with Gasteiger partial charge >= 0.3 is 12.4 Å². The molecule has 1 aliphatic heterocycles. The van der Waals surface area contributed by atoms with Crippen molar-refractivity contribution >= 4 is 45.7 Å². The van der Waals surface area contributed by atoms with Crippen LogP contribution in [0.5, 0.6) is 5.75 Å². The van der Waals surface area contributed by atoms with E-state index in [1.54, 1.807) is 48.5 Å². The SMILES string of the molecule is OCC(O)CNCC(F)(F)F.OCC1CN(CC(F)(F)F)C(=Nc2ccc3ncnc(Nc4ccc(OCc5cccc(F)c5)c(Cl)c4)c3c2)O1. The maximum atomic E-state index is 13.4. The lowest BCUT2D eigenvalue weighted by atomic mass is 10.2. The minimum absolute atomic E-state index is 0.134. The summed E-state index contributed by atoms with van der Waals surface area (Å²) in [4.78, 5) is 13.7. The van der Waals surface area contributed by atoms with E-state index in [4.69, 9.17) is 31.3 Å². The van der Waals surface area contributed by atoms with Crippen LogP contribution in [0.2, 0.25) is 5.02 Å². The van der Waals surface area contributed by atoms with Gasteiger partial charge < -0.3 is 40.3 Å². The molecule has 3 aromatic carbocycles. The average molecular weight is 749 g/mol. The van der Waals surface area contributed by atoms with Crippen LogP contribution in [-0.4, -0.2) is 100 Å². The first-order chi connectivity index (χ1) is 24.1. The van der Waals surface area contributed by atoms with Gasteiger partial charge in [0, 0.05) is 17.6 Å². The zero-order valence-electron chi connectivity index (χ0n) is 26.4. The Morgan fingerprint density at radius 1 is 1.02 bits per heavy atom. The number of aromatic nitrogens is 2. The molecule has 4 aromatic rings. The number of ether oxygens (including phenoxy) is 2. The second kappa shape index (κ2) is 17.6. The van der Waals surface area contributed by atoms with E-state index in [1.165, 1.54) is 18.5 Å². The molecule has 276 valence electrons. The lowest BCUT2D eigenvalue weighted by Crippen LogP contribution is -2.36. The maximum absolute atomic E-state index is 13.4. The van der Waals surface area contributed by atoms with Crippen molar-refractivity contribution in [1.82, 2.24) is 20.2 Å². The highest BCUT2D eigenvalue weighted by atomic mass is 35.5. The highest BCUT2D eigenvalue weighted by molar-refractivity contribution is 6.32. The van der Waals surface area contributed by atoms with E-state index >= 15 is 0 Å². The first kappa shape index (κ1) is 39.3. The van der Waals surface area contributed by atoms with E-state index in [-0.39, 0.29) is 31.5 Å². The smallest absolute Gasteiger partial charge is 0.406 e. The van der Waals surface area contributed by atoms with Gasteiger partial charge in [-0.3, -0.25) is 0 Å². The molecule has 2 atom stereocenters. The van der Waals surface area contributed by atoms with Crippen molar-refractivity contribution in [2.75, 3.05) is 44.7 Å². The fraction of sp³-hybridized carbons (Fsp3) is 0.344. The summed E-state index contributed by atoms with van der Waals surface area (Å²) in [5.74, 6) is 0.453. The minimum atomic E-state index is -4.47. The number of hydrogen-bond acceptors (Lipinski definition) is 10. The van der Waals surface area contributed by atoms with E-state index in [0.717, 1.165) is 4.90 Å². The summed E-state index contributed by atoms with van der Waals surface area (Å²) in [7, 11) is 0. The zero-order chi connectivity index (χ0) is 37.2. The number of aliphatic imine (C=N–C) groups is 1. The van der Waals surface area contributed by atoms with E-state index in [0.29, 0.717) is 44.4 Å². The summed E-state index contributed by atoms with van der Waals surface area (Å²) in [6.07, 6.45) is -9.31. The Kier molecular flexibility index (Phi) is 13.6. The topological polar surface area (TPSA) is 145 Å². The number of fused-ring (bicyclic) bond motifs is 1. The summed E-state index contributed by atoms with van der Waals surface area (Å²) in [6.45, 7) is -3.64. The number of hydrogen-bond donors (Lipinski definition) is 5. The van der Waals surface area contributed by atoms with Crippen LogP contribution < -0.4 is 15.4 Å². The molecule has 5 N–H and O–H groups in total. The van der Waals surface area contributed by atoms with Crippen molar-refractivity contribution in [2.24, 2.45) is 4.99 Å². The van der Waals surface area contributed by atoms with E-state index in [2.05, 4.69) is 20.3 Å². The summed E-state index contributed by atoms with van der Waals surface area (Å²) in [5, 5.41) is 32.1. The van der Waals surface area contributed by atoms with Gasteiger partial charge in [-0.2, -0.15) is 31.3 Å². The number of anilines is 2. The monoisotopic (exact) mass is 748 g/mol. The fourth-order valence-corrected chi connectivity index (χ4v) is 4.75. The fourth-order valence-electron chi connectivity index (χ4n) is 4.51. The molecule has 1 fully saturated rings. The summed E-state index contributed by atoms with van der Waals surface area (Å²) in [5.41, 5.74) is 2.11. The first-order valence-electron chi connectivity index (χ1n) is 15.1. The van der Waals surface area contributed by atoms with Gasteiger partial charge in [0.25, 0.3) is 6.02 Å². The molecule has 2 unspecified atom stereocenters. The van der Waals surface area contributed by atoms with Crippen molar-refractivity contribution in [3.63, 3.8) is 0 Å². The molecule has 19 heteroatoms. The van der Waals surface area contributed by atoms with Gasteiger partial charge in [-0.1, -0.05) is 23.7 Å². The Hall–Kier alpha value is -4.49. The third kappa shape index (κ3) is 12.7. The maximum Gasteiger partial charge on any atom is 0.406 e. The van der Waals surface area contributed by atoms with Crippen LogP contribution in [0.4, 0.5) is 47.9 Å². The van der Waals surface area contributed by atoms with Crippen LogP contribution in [0.25, 0.3) is 10.9 Å². The highest BCUT2D eigenvalue weighted by Gasteiger charge is 2.38. The number of nitrogens with one attached hydrogen (secondary N) is 2. The lowest BCUT2D eigenvalue weighted by Gasteiger charge is -2.17. The number of nitrogens with zero attached hydrogens (tertiary/aromatic N) is 4. The predicted molar refractivity (Wildman–Crippen MR) is 174 cm³/mol. The molecule has 2 heterocycles. The summed E-state index contributed by atoms with van der Waals surface area (Å²) < 4.78 is 97.9. The Balaban J connectivity index is 0.000000459. The summed E-state index contributed by atoms with van der Waals surface area (Å²) in [6, 6.07) is 15.7. The molecule has 0 radical (unpaired) electrons. The van der Waals surface area contributed by atoms with Crippen molar-refractivity contribution in [3.8, 4) is 5.75 Å². The number of rotatable bonds is 12. The normalized spacial score (nSPS) is 16.1. The van der Waals surface area contributed by atoms with Crippen LogP contribution in [0, 0.1) is 5.82 Å². The van der Waals surface area contributed by atoms with Crippen molar-refractivity contribution in [2.45, 2.75) is 31.2 Å². The molecule has 51 heavy (non-hydrogen) atoms. The Morgan fingerprint density at radius 3 is 2.47 bits per heavy atom. The van der Waals surface area contributed by atoms with Crippen LogP contribution in [-0.2, 0) is 11.3 Å². The molecule has 0 aliphatic carbocycles. The van der Waals surface area contributed by atoms with Crippen molar-refractivity contribution < 1.29 is 55.5 Å². The largest absolute Gasteiger partial charge is 0.487 e. The standard InChI is InChI=1S/C27H22ClF4N5O3.C5H10F3NO2/c28-22-10-19(5-7-24(22)39-13-16-2-1-3-17(29)8-16)35-25-21-9-18(4-6-23(21)33-15-34-25)36-26-37(14-27(30,31)32)11-20(12-38)40-26;6-5(7,8)3-9-1-4(11)2-10/h1-10,15,20,38H,11-14H2,(H,33,34,35);4,9-11H,1-3H2. The molecule has 0 amide bonds. The van der Waals surface area contributed by atoms with Gasteiger partial charge in [-0.15, -0.1) is 0 Å². The van der Waals surface area contributed by atoms with Crippen LogP contribution in [0.15, 0.2) is 72.0 Å². The predicted octanol–water partition coefficient (Wildman–Crippen LogP) is 5.48. The molecule has 5 rings (SSSR count). The number of halogens is 8. The third-order valence-electron chi connectivity index (χ3n) is 6.78. The third-order valence-corrected chi connectivity index (χ3v) is 7.07. The molecule has 0 bridgehead atoms. The first-order valence-corrected chi connectivity index (χ1v) is 15.4. The zero-order valence-corrected chi connectivity index (χ0v) is 27.2. The molecular formula is C32H32ClF7N6O5. The number of aliphatic hydroxyl groups is 3. The van der Waals surface area contributed by atoms with E-state index < -0.39 is 50.9 Å². The number of benzene rings is 3. The quantitative estimate of drug-likeness (QED) is 0.118. The molecule has 0 saturated carbocycles. The van der Waals surface area contributed by atoms with E-state index in [9.17, 15) is 35.8 Å². The van der Waals surface area contributed by atoms with Crippen molar-refractivity contribution in [3.05, 3.63) is 83.4 Å². The van der Waals surface area contributed by atoms with Gasteiger partial charge in [0.1, 0.15) is 43.0 Å². The van der Waals surface area contributed by atoms with Crippen LogP contribution >= 0.6 is 11.6 Å². The van der Waals surface area contributed by atoms with Gasteiger partial charge in [0.2, 0.25) is 0 Å². The van der Waals surface area contributed by atoms with Crippen LogP contribution in [0.3, 0.4) is 0 Å². The van der Waals surface area contributed by atoms with Crippen LogP contribution in [0.1, 0.15) is 5.56 Å². The molecule has 1 aliphatic rings. The minimum Gasteiger partial charge on any atom is -0.487 e. The second-order valence-corrected chi connectivity index (χ2v) is 11.4. The molecule has 1 aromatic heterocycles. The molecule has 0 spiro atoms. The van der Waals surface area contributed by atoms with Gasteiger partial charge in [0.15, 0.2) is 0 Å². The molecule has 11 nitrogen and oxygen atoms in total. The van der Waals surface area contributed by atoms with Gasteiger partial charge in [0.05, 0.1) is 48.6 Å². The Morgan fingerprint density at radius 2 is 1.80 bits per heavy atom. The average Bonchev–Trinajstić information content (AvgIpc) is 3.43. The molecule has 1 saturated heterocycles. The van der Waals surface area contributed by atoms with E-state index in [1.807, 2.05) is 5.32 Å². The van der Waals surface area contributed by atoms with Gasteiger partial charge in [-0.25, -0.2) is 14.4 Å².